The molecule has 2 aromatic rings. The van der Waals surface area contributed by atoms with Crippen molar-refractivity contribution in [2.24, 2.45) is 5.92 Å². The molecule has 10 nitrogen and oxygen atoms in total. The summed E-state index contributed by atoms with van der Waals surface area (Å²) < 4.78 is 10.6. The van der Waals surface area contributed by atoms with Crippen molar-refractivity contribution in [1.82, 2.24) is 15.4 Å². The molecule has 1 aromatic heterocycles. The number of nitrogens with one attached hydrogen (secondary N) is 1. The number of ether oxygens (including phenoxy) is 2. The second-order valence-corrected chi connectivity index (χ2v) is 12.4. The van der Waals surface area contributed by atoms with E-state index in [9.17, 15) is 14.4 Å². The highest BCUT2D eigenvalue weighted by atomic mass is 16.8. The lowest BCUT2D eigenvalue weighted by Gasteiger charge is -2.36. The van der Waals surface area contributed by atoms with Gasteiger partial charge in [0.1, 0.15) is 5.69 Å². The Bertz CT molecular complexity index is 1370. The average Bonchev–Trinajstić information content (AvgIpc) is 3.10. The third-order valence-electron chi connectivity index (χ3n) is 7.94. The van der Waals surface area contributed by atoms with Gasteiger partial charge in [-0.2, -0.15) is 0 Å². The summed E-state index contributed by atoms with van der Waals surface area (Å²) in [5, 5.41) is 0. The van der Waals surface area contributed by atoms with E-state index in [2.05, 4.69) is 39.3 Å². The zero-order valence-corrected chi connectivity index (χ0v) is 27.7. The minimum absolute atomic E-state index is 0.122. The fourth-order valence-corrected chi connectivity index (χ4v) is 5.20. The maximum atomic E-state index is 12.7. The van der Waals surface area contributed by atoms with Gasteiger partial charge in [0.2, 0.25) is 11.8 Å². The summed E-state index contributed by atoms with van der Waals surface area (Å²) in [5.41, 5.74) is 5.95. The third kappa shape index (κ3) is 13.2. The van der Waals surface area contributed by atoms with Crippen molar-refractivity contribution >= 4 is 29.5 Å². The molecule has 0 spiro atoms. The van der Waals surface area contributed by atoms with Gasteiger partial charge < -0.3 is 19.3 Å². The highest BCUT2D eigenvalue weighted by Gasteiger charge is 2.21. The maximum Gasteiger partial charge on any atom is 0.330 e. The van der Waals surface area contributed by atoms with Gasteiger partial charge >= 0.3 is 5.97 Å². The van der Waals surface area contributed by atoms with Crippen LogP contribution in [0.2, 0.25) is 0 Å². The van der Waals surface area contributed by atoms with Gasteiger partial charge in [0, 0.05) is 75.6 Å². The molecule has 1 aromatic carbocycles. The van der Waals surface area contributed by atoms with Crippen LogP contribution in [0.4, 0.5) is 5.69 Å². The number of aromatic nitrogens is 1. The zero-order valence-electron chi connectivity index (χ0n) is 27.7. The molecule has 1 unspecified atom stereocenters. The van der Waals surface area contributed by atoms with E-state index in [1.807, 2.05) is 43.0 Å². The van der Waals surface area contributed by atoms with E-state index >= 15 is 0 Å². The first-order chi connectivity index (χ1) is 22.9. The number of benzene rings is 1. The van der Waals surface area contributed by atoms with E-state index in [4.69, 9.17) is 14.3 Å². The molecule has 0 radical (unpaired) electrons. The van der Waals surface area contributed by atoms with Crippen LogP contribution >= 0.6 is 0 Å². The molecular formula is C37H48N4O6. The van der Waals surface area contributed by atoms with Crippen molar-refractivity contribution in [3.8, 4) is 11.8 Å². The van der Waals surface area contributed by atoms with Crippen molar-refractivity contribution in [2.45, 2.75) is 77.9 Å². The quantitative estimate of drug-likeness (QED) is 0.0976. The maximum absolute atomic E-state index is 12.7. The first-order valence-corrected chi connectivity index (χ1v) is 16.9. The standard InChI is InChI=1S/C37H48N4O6/c1-29(2)28-46-36(44)21-16-31-13-18-32(38-27-31)17-12-30-14-19-33(20-15-30)40-22-24-41(25-23-40)35(43)10-6-4-3-5-9-34(42)39-47-37-11-7-8-26-45-37/h13-16,18-21,27,29,37H,3-11,22-26,28H2,1-2H3,(H,39,42)/b21-16+. The predicted octanol–water partition coefficient (Wildman–Crippen LogP) is 5.26. The van der Waals surface area contributed by atoms with Crippen LogP contribution in [0.25, 0.3) is 6.08 Å². The highest BCUT2D eigenvalue weighted by Crippen LogP contribution is 2.18. The SMILES string of the molecule is CC(C)COC(=O)/C=C/c1ccc(C#Cc2ccc(N3CCN(C(=O)CCCCCCC(=O)NOC4CCCCO4)CC3)cc2)nc1. The molecule has 10 heteroatoms. The average molecular weight is 645 g/mol. The smallest absolute Gasteiger partial charge is 0.330 e. The monoisotopic (exact) mass is 644 g/mol. The Kier molecular flexibility index (Phi) is 14.8. The number of rotatable bonds is 14. The molecule has 4 rings (SSSR count). The van der Waals surface area contributed by atoms with Crippen molar-refractivity contribution in [2.75, 3.05) is 44.3 Å². The largest absolute Gasteiger partial charge is 0.462 e. The first-order valence-electron chi connectivity index (χ1n) is 16.9. The fourth-order valence-electron chi connectivity index (χ4n) is 5.20. The van der Waals surface area contributed by atoms with Gasteiger partial charge in [0.05, 0.1) is 6.61 Å². The predicted molar refractivity (Wildman–Crippen MR) is 181 cm³/mol. The van der Waals surface area contributed by atoms with Crippen LogP contribution in [0.5, 0.6) is 0 Å². The molecule has 2 aliphatic heterocycles. The molecule has 1 N–H and O–H groups in total. The van der Waals surface area contributed by atoms with Gasteiger partial charge in [0.15, 0.2) is 6.29 Å². The molecule has 2 fully saturated rings. The summed E-state index contributed by atoms with van der Waals surface area (Å²) in [5.74, 6) is 6.27. The Morgan fingerprint density at radius 3 is 2.43 bits per heavy atom. The zero-order chi connectivity index (χ0) is 33.3. The Morgan fingerprint density at radius 1 is 0.979 bits per heavy atom. The molecular weight excluding hydrogens is 596 g/mol. The molecule has 252 valence electrons. The van der Waals surface area contributed by atoms with Gasteiger partial charge in [-0.1, -0.05) is 38.7 Å². The minimum atomic E-state index is -0.364. The second kappa shape index (κ2) is 19.5. The summed E-state index contributed by atoms with van der Waals surface area (Å²) in [4.78, 5) is 50.4. The summed E-state index contributed by atoms with van der Waals surface area (Å²) in [6.07, 6.45) is 11.7. The van der Waals surface area contributed by atoms with Crippen LogP contribution in [0.3, 0.4) is 0 Å². The number of unbranched alkanes of at least 4 members (excludes halogenated alkanes) is 3. The number of esters is 1. The number of amides is 2. The van der Waals surface area contributed by atoms with Crippen molar-refractivity contribution < 1.29 is 28.7 Å². The molecule has 0 bridgehead atoms. The molecule has 0 saturated carbocycles. The van der Waals surface area contributed by atoms with E-state index in [0.717, 1.165) is 74.8 Å². The molecule has 47 heavy (non-hydrogen) atoms. The second-order valence-electron chi connectivity index (χ2n) is 12.4. The Morgan fingerprint density at radius 2 is 1.74 bits per heavy atom. The van der Waals surface area contributed by atoms with Crippen LogP contribution in [0.1, 0.15) is 88.5 Å². The molecule has 1 atom stereocenters. The number of carbonyl (C=O) groups excluding carboxylic acids is 3. The number of hydroxylamine groups is 1. The van der Waals surface area contributed by atoms with Crippen molar-refractivity contribution in [3.05, 3.63) is 65.5 Å². The number of hydrogen-bond donors (Lipinski definition) is 1. The summed E-state index contributed by atoms with van der Waals surface area (Å²) in [7, 11) is 0. The number of hydrogen-bond acceptors (Lipinski definition) is 8. The van der Waals surface area contributed by atoms with Gasteiger partial charge in [-0.3, -0.25) is 9.59 Å². The van der Waals surface area contributed by atoms with E-state index in [1.54, 1.807) is 12.3 Å². The van der Waals surface area contributed by atoms with Crippen molar-refractivity contribution in [3.63, 3.8) is 0 Å². The third-order valence-corrected chi connectivity index (χ3v) is 7.94. The van der Waals surface area contributed by atoms with Gasteiger partial charge in [-0.25, -0.2) is 20.1 Å². The Hall–Kier alpha value is -4.20. The van der Waals surface area contributed by atoms with E-state index in [0.29, 0.717) is 50.8 Å². The van der Waals surface area contributed by atoms with Crippen LogP contribution < -0.4 is 10.4 Å². The Balaban J connectivity index is 1.09. The van der Waals surface area contributed by atoms with E-state index < -0.39 is 0 Å². The fraction of sp³-hybridized carbons (Fsp3) is 0.514. The summed E-state index contributed by atoms with van der Waals surface area (Å²) in [6, 6.07) is 11.8. The number of piperazine rings is 1. The van der Waals surface area contributed by atoms with Crippen LogP contribution in [0.15, 0.2) is 48.7 Å². The lowest BCUT2D eigenvalue weighted by atomic mass is 10.1. The van der Waals surface area contributed by atoms with Crippen molar-refractivity contribution in [1.29, 1.82) is 0 Å². The summed E-state index contributed by atoms with van der Waals surface area (Å²) >= 11 is 0. The van der Waals surface area contributed by atoms with E-state index in [1.165, 1.54) is 6.08 Å². The Labute approximate surface area is 278 Å². The number of carbonyl (C=O) groups is 3. The number of pyridine rings is 1. The van der Waals surface area contributed by atoms with Crippen LogP contribution in [0, 0.1) is 17.8 Å². The van der Waals surface area contributed by atoms with Crippen LogP contribution in [-0.4, -0.2) is 73.4 Å². The topological polar surface area (TPSA) is 110 Å². The summed E-state index contributed by atoms with van der Waals surface area (Å²) in [6.45, 7) is 8.06. The molecule has 2 aliphatic rings. The molecule has 2 amide bonds. The van der Waals surface area contributed by atoms with Gasteiger partial charge in [-0.05, 0) is 79.5 Å². The van der Waals surface area contributed by atoms with Crippen LogP contribution in [-0.2, 0) is 28.7 Å². The lowest BCUT2D eigenvalue weighted by molar-refractivity contribution is -0.200. The molecule has 0 aliphatic carbocycles. The normalized spacial score (nSPS) is 16.5. The number of anilines is 1. The highest BCUT2D eigenvalue weighted by molar-refractivity contribution is 5.87. The van der Waals surface area contributed by atoms with Gasteiger partial charge in [-0.15, -0.1) is 0 Å². The lowest BCUT2D eigenvalue weighted by Crippen LogP contribution is -2.48. The van der Waals surface area contributed by atoms with Gasteiger partial charge in [0.25, 0.3) is 0 Å². The molecule has 3 heterocycles. The molecule has 2 saturated heterocycles. The van der Waals surface area contributed by atoms with E-state index in [-0.39, 0.29) is 24.1 Å². The number of nitrogens with zero attached hydrogens (tertiary/aromatic N) is 3. The minimum Gasteiger partial charge on any atom is -0.462 e. The first kappa shape index (κ1) is 35.7.